The lowest BCUT2D eigenvalue weighted by Crippen LogP contribution is -2.22. The van der Waals surface area contributed by atoms with Crippen LogP contribution in [0.5, 0.6) is 0 Å². The number of pyridine rings is 2. The average molecular weight is 464 g/mol. The molecule has 2 fully saturated rings. The number of H-pyrrole nitrogens is 1. The summed E-state index contributed by atoms with van der Waals surface area (Å²) in [5.74, 6) is -4.02. The van der Waals surface area contributed by atoms with Crippen molar-refractivity contribution in [1.82, 2.24) is 9.97 Å². The van der Waals surface area contributed by atoms with Crippen molar-refractivity contribution in [2.24, 2.45) is 17.6 Å². The summed E-state index contributed by atoms with van der Waals surface area (Å²) in [7, 11) is 0. The van der Waals surface area contributed by atoms with Gasteiger partial charge in [-0.1, -0.05) is 17.7 Å². The van der Waals surface area contributed by atoms with Crippen LogP contribution in [0.3, 0.4) is 0 Å². The molecule has 1 amide bonds. The van der Waals surface area contributed by atoms with Crippen LogP contribution in [-0.4, -0.2) is 21.8 Å². The molecule has 2 aliphatic rings. The Morgan fingerprint density at radius 2 is 1.97 bits per heavy atom. The highest BCUT2D eigenvalue weighted by atomic mass is 35.5. The summed E-state index contributed by atoms with van der Waals surface area (Å²) in [6.45, 7) is 0. The second-order valence-electron chi connectivity index (χ2n) is 8.22. The number of aromatic nitrogens is 2. The molecule has 3 aromatic rings. The van der Waals surface area contributed by atoms with E-state index in [4.69, 9.17) is 17.3 Å². The average Bonchev–Trinajstić information content (AvgIpc) is 3.31. The predicted octanol–water partition coefficient (Wildman–Crippen LogP) is 5.04. The first-order chi connectivity index (χ1) is 15.2. The Morgan fingerprint density at radius 1 is 1.19 bits per heavy atom. The molecule has 0 spiro atoms. The highest BCUT2D eigenvalue weighted by Gasteiger charge is 2.55. The van der Waals surface area contributed by atoms with E-state index in [-0.39, 0.29) is 39.8 Å². The lowest BCUT2D eigenvalue weighted by Gasteiger charge is -2.20. The van der Waals surface area contributed by atoms with Crippen LogP contribution in [0.1, 0.15) is 47.7 Å². The van der Waals surface area contributed by atoms with Gasteiger partial charge in [0.15, 0.2) is 5.43 Å². The zero-order valence-electron chi connectivity index (χ0n) is 17.0. The molecule has 0 radical (unpaired) electrons. The molecule has 32 heavy (non-hydrogen) atoms. The summed E-state index contributed by atoms with van der Waals surface area (Å²) >= 11 is 5.77. The fourth-order valence-electron chi connectivity index (χ4n) is 5.00. The number of carbonyl (C=O) groups is 1. The van der Waals surface area contributed by atoms with E-state index in [1.807, 2.05) is 0 Å². The number of hydrogen-bond donors (Lipinski definition) is 2. The molecule has 2 aromatic heterocycles. The van der Waals surface area contributed by atoms with Gasteiger partial charge in [0.2, 0.25) is 0 Å². The molecule has 3 atom stereocenters. The van der Waals surface area contributed by atoms with Gasteiger partial charge >= 0.3 is 0 Å². The van der Waals surface area contributed by atoms with Gasteiger partial charge in [0.1, 0.15) is 11.5 Å². The van der Waals surface area contributed by atoms with Crippen LogP contribution in [0, 0.1) is 17.7 Å². The van der Waals surface area contributed by atoms with Crippen LogP contribution in [0.2, 0.25) is 5.02 Å². The third kappa shape index (κ3) is 4.11. The number of aromatic amines is 1. The van der Waals surface area contributed by atoms with E-state index in [9.17, 15) is 22.8 Å². The molecule has 5 nitrogen and oxygen atoms in total. The van der Waals surface area contributed by atoms with Crippen molar-refractivity contribution in [1.29, 1.82) is 0 Å². The molecule has 2 aliphatic carbocycles. The molecule has 1 unspecified atom stereocenters. The first-order valence-electron chi connectivity index (χ1n) is 10.3. The van der Waals surface area contributed by atoms with E-state index in [2.05, 4.69) is 9.97 Å². The van der Waals surface area contributed by atoms with Crippen molar-refractivity contribution < 1.29 is 18.0 Å². The highest BCUT2D eigenvalue weighted by molar-refractivity contribution is 6.30. The maximum absolute atomic E-state index is 13.6. The zero-order chi connectivity index (χ0) is 23.0. The molecule has 9 heteroatoms. The number of nitrogens with two attached hydrogens (primary N) is 1. The van der Waals surface area contributed by atoms with Gasteiger partial charge in [-0.2, -0.15) is 0 Å². The van der Waals surface area contributed by atoms with Crippen LogP contribution >= 0.6 is 11.6 Å². The molecular formula is C23H21ClF3N3O2. The van der Waals surface area contributed by atoms with E-state index < -0.39 is 23.6 Å². The largest absolute Gasteiger partial charge is 0.364 e. The number of hydrogen-bond acceptors (Lipinski definition) is 3. The number of halogens is 4. The van der Waals surface area contributed by atoms with Crippen molar-refractivity contribution in [3.63, 3.8) is 0 Å². The monoisotopic (exact) mass is 463 g/mol. The summed E-state index contributed by atoms with van der Waals surface area (Å²) < 4.78 is 40.4. The Labute approximate surface area is 186 Å². The summed E-state index contributed by atoms with van der Waals surface area (Å²) in [5.41, 5.74) is 6.30. The van der Waals surface area contributed by atoms with Crippen LogP contribution in [0.4, 0.5) is 13.2 Å². The summed E-state index contributed by atoms with van der Waals surface area (Å²) in [5, 5.41) is 0.322. The Hall–Kier alpha value is -2.87. The second-order valence-corrected chi connectivity index (χ2v) is 8.62. The SMILES string of the molecule is Fc1ccc(C2CC[C@H]3[C@@H]2CCC3(F)F)cc1Cl.NC(=O)c1nccc2[nH]ccc(=O)c12. The van der Waals surface area contributed by atoms with Gasteiger partial charge < -0.3 is 10.7 Å². The Kier molecular flexibility index (Phi) is 5.99. The predicted molar refractivity (Wildman–Crippen MR) is 115 cm³/mol. The van der Waals surface area contributed by atoms with Crippen molar-refractivity contribution in [2.75, 3.05) is 0 Å². The van der Waals surface area contributed by atoms with Crippen molar-refractivity contribution >= 4 is 28.4 Å². The molecule has 168 valence electrons. The van der Waals surface area contributed by atoms with E-state index in [1.165, 1.54) is 24.5 Å². The molecule has 5 rings (SSSR count). The standard InChI is InChI=1S/C14H14ClF3.C9H7N3O2/c15-12-7-8(1-4-13(12)16)9-2-3-11-10(9)5-6-14(11,17)18;10-9(14)8-7-5(1-3-12-8)11-4-2-6(7)13/h1,4,7,9-11H,2-3,5-6H2;1-4H,(H2,10,14)(H,11,13)/t9?,10-,11+;/m1./s1. The molecule has 2 heterocycles. The maximum atomic E-state index is 13.6. The van der Waals surface area contributed by atoms with E-state index in [0.717, 1.165) is 12.0 Å². The number of amides is 1. The van der Waals surface area contributed by atoms with Crippen LogP contribution < -0.4 is 11.2 Å². The van der Waals surface area contributed by atoms with Gasteiger partial charge in [-0.3, -0.25) is 14.6 Å². The van der Waals surface area contributed by atoms with Gasteiger partial charge in [0.25, 0.3) is 11.8 Å². The number of carbonyl (C=O) groups excluding carboxylic acids is 1. The summed E-state index contributed by atoms with van der Waals surface area (Å²) in [6.07, 6.45) is 4.82. The van der Waals surface area contributed by atoms with Crippen LogP contribution in [0.25, 0.3) is 10.9 Å². The fourth-order valence-corrected chi connectivity index (χ4v) is 5.19. The Morgan fingerprint density at radius 3 is 2.69 bits per heavy atom. The third-order valence-electron chi connectivity index (χ3n) is 6.45. The van der Waals surface area contributed by atoms with Gasteiger partial charge in [-0.05, 0) is 54.9 Å². The minimum Gasteiger partial charge on any atom is -0.364 e. The van der Waals surface area contributed by atoms with Gasteiger partial charge in [0.05, 0.1) is 15.9 Å². The molecule has 0 bridgehead atoms. The summed E-state index contributed by atoms with van der Waals surface area (Å²) in [6, 6.07) is 7.56. The Balaban J connectivity index is 0.000000158. The third-order valence-corrected chi connectivity index (χ3v) is 6.74. The van der Waals surface area contributed by atoms with Crippen molar-refractivity contribution in [3.8, 4) is 0 Å². The number of benzene rings is 1. The second kappa shape index (κ2) is 8.58. The first-order valence-corrected chi connectivity index (χ1v) is 10.7. The van der Waals surface area contributed by atoms with E-state index >= 15 is 0 Å². The lowest BCUT2D eigenvalue weighted by atomic mass is 9.86. The number of nitrogens with zero attached hydrogens (tertiary/aromatic N) is 1. The lowest BCUT2D eigenvalue weighted by molar-refractivity contribution is -0.0409. The number of rotatable bonds is 2. The molecular weight excluding hydrogens is 443 g/mol. The smallest absolute Gasteiger partial charge is 0.268 e. The molecule has 0 aliphatic heterocycles. The highest BCUT2D eigenvalue weighted by Crippen LogP contribution is 2.58. The summed E-state index contributed by atoms with van der Waals surface area (Å²) in [4.78, 5) is 29.0. The van der Waals surface area contributed by atoms with E-state index in [0.29, 0.717) is 18.4 Å². The Bertz CT molecular complexity index is 1230. The van der Waals surface area contributed by atoms with Crippen LogP contribution in [0.15, 0.2) is 47.5 Å². The molecule has 2 saturated carbocycles. The number of fused-ring (bicyclic) bond motifs is 2. The van der Waals surface area contributed by atoms with Gasteiger partial charge in [-0.15, -0.1) is 0 Å². The van der Waals surface area contributed by atoms with E-state index in [1.54, 1.807) is 18.2 Å². The van der Waals surface area contributed by atoms with Gasteiger partial charge in [-0.25, -0.2) is 13.2 Å². The first kappa shape index (κ1) is 22.3. The van der Waals surface area contributed by atoms with Gasteiger partial charge in [0, 0.05) is 30.8 Å². The van der Waals surface area contributed by atoms with Crippen molar-refractivity contribution in [3.05, 3.63) is 75.0 Å². The minimum atomic E-state index is -2.51. The normalized spacial score (nSPS) is 23.4. The number of primary amides is 1. The van der Waals surface area contributed by atoms with Crippen LogP contribution in [-0.2, 0) is 0 Å². The fraction of sp³-hybridized carbons (Fsp3) is 0.348. The zero-order valence-corrected chi connectivity index (χ0v) is 17.7. The topological polar surface area (TPSA) is 88.8 Å². The maximum Gasteiger partial charge on any atom is 0.268 e. The number of nitrogens with one attached hydrogen (secondary N) is 1. The number of alkyl halides is 2. The minimum absolute atomic E-state index is 0.00403. The molecule has 3 N–H and O–H groups in total. The van der Waals surface area contributed by atoms with Crippen molar-refractivity contribution in [2.45, 2.75) is 37.5 Å². The quantitative estimate of drug-likeness (QED) is 0.558. The molecule has 0 saturated heterocycles. The molecule has 1 aromatic carbocycles.